The van der Waals surface area contributed by atoms with E-state index in [1.54, 1.807) is 30.1 Å². The Morgan fingerprint density at radius 1 is 1.50 bits per heavy atom. The van der Waals surface area contributed by atoms with Crippen molar-refractivity contribution in [2.45, 2.75) is 12.5 Å². The first kappa shape index (κ1) is 12.5. The first-order valence-corrected chi connectivity index (χ1v) is 5.78. The van der Waals surface area contributed by atoms with Crippen molar-refractivity contribution in [1.82, 2.24) is 10.2 Å². The van der Waals surface area contributed by atoms with E-state index in [-0.39, 0.29) is 24.1 Å². The molecule has 0 radical (unpaired) electrons. The van der Waals surface area contributed by atoms with E-state index in [1.807, 2.05) is 0 Å². The predicted octanol–water partition coefficient (Wildman–Crippen LogP) is 0.567. The molecule has 1 aliphatic rings. The number of nitro groups is 1. The highest BCUT2D eigenvalue weighted by atomic mass is 16.6. The lowest BCUT2D eigenvalue weighted by Crippen LogP contribution is -2.57. The minimum atomic E-state index is -0.451. The quantitative estimate of drug-likeness (QED) is 0.625. The Morgan fingerprint density at radius 2 is 2.17 bits per heavy atom. The molecule has 1 aromatic carbocycles. The van der Waals surface area contributed by atoms with Crippen molar-refractivity contribution in [3.8, 4) is 0 Å². The fourth-order valence-corrected chi connectivity index (χ4v) is 1.88. The van der Waals surface area contributed by atoms with Crippen molar-refractivity contribution in [3.63, 3.8) is 0 Å². The zero-order valence-corrected chi connectivity index (χ0v) is 10.1. The summed E-state index contributed by atoms with van der Waals surface area (Å²) in [5.74, 6) is -0.0872. The second kappa shape index (κ2) is 5.14. The zero-order chi connectivity index (χ0) is 13.1. The molecule has 1 N–H and O–H groups in total. The molecule has 18 heavy (non-hydrogen) atoms. The van der Waals surface area contributed by atoms with E-state index in [0.717, 1.165) is 13.1 Å². The second-order valence-corrected chi connectivity index (χ2v) is 4.38. The topological polar surface area (TPSA) is 75.5 Å². The van der Waals surface area contributed by atoms with E-state index in [1.165, 1.54) is 6.07 Å². The smallest absolute Gasteiger partial charge is 0.273 e. The van der Waals surface area contributed by atoms with E-state index in [0.29, 0.717) is 5.56 Å². The Morgan fingerprint density at radius 3 is 2.72 bits per heavy atom. The van der Waals surface area contributed by atoms with Gasteiger partial charge in [0.1, 0.15) is 0 Å². The highest BCUT2D eigenvalue weighted by Gasteiger charge is 2.26. The van der Waals surface area contributed by atoms with Gasteiger partial charge in [0.05, 0.1) is 17.4 Å². The number of para-hydroxylation sites is 1. The van der Waals surface area contributed by atoms with E-state index < -0.39 is 4.92 Å². The normalized spacial score (nSPS) is 14.9. The van der Waals surface area contributed by atoms with E-state index in [2.05, 4.69) is 5.32 Å². The number of nitrogens with zero attached hydrogens (tertiary/aromatic N) is 2. The number of likely N-dealkylation sites (N-methyl/N-ethyl adjacent to an activating group) is 1. The third-order valence-electron chi connectivity index (χ3n) is 3.23. The van der Waals surface area contributed by atoms with Crippen LogP contribution >= 0.6 is 0 Å². The van der Waals surface area contributed by atoms with E-state index in [4.69, 9.17) is 0 Å². The highest BCUT2D eigenvalue weighted by Crippen LogP contribution is 2.19. The number of benzene rings is 1. The molecule has 1 heterocycles. The minimum absolute atomic E-state index is 0.00554. The molecule has 6 heteroatoms. The molecule has 0 spiro atoms. The van der Waals surface area contributed by atoms with Crippen molar-refractivity contribution in [2.75, 3.05) is 20.1 Å². The van der Waals surface area contributed by atoms with E-state index >= 15 is 0 Å². The summed E-state index contributed by atoms with van der Waals surface area (Å²) in [6.07, 6.45) is 0.0736. The molecule has 6 nitrogen and oxygen atoms in total. The average Bonchev–Trinajstić information content (AvgIpc) is 2.27. The zero-order valence-electron chi connectivity index (χ0n) is 10.1. The molecule has 0 aliphatic carbocycles. The predicted molar refractivity (Wildman–Crippen MR) is 66.2 cm³/mol. The van der Waals surface area contributed by atoms with E-state index in [9.17, 15) is 14.9 Å². The molecule has 1 amide bonds. The summed E-state index contributed by atoms with van der Waals surface area (Å²) in [5.41, 5.74) is 0.470. The summed E-state index contributed by atoms with van der Waals surface area (Å²) in [7, 11) is 1.74. The van der Waals surface area contributed by atoms with Gasteiger partial charge in [-0.15, -0.1) is 0 Å². The number of nitro benzene ring substituents is 1. The van der Waals surface area contributed by atoms with Crippen LogP contribution in [0.3, 0.4) is 0 Å². The summed E-state index contributed by atoms with van der Waals surface area (Å²) in [4.78, 5) is 24.1. The van der Waals surface area contributed by atoms with Gasteiger partial charge in [0.25, 0.3) is 5.69 Å². The Hall–Kier alpha value is -1.95. The van der Waals surface area contributed by atoms with Gasteiger partial charge in [0.2, 0.25) is 5.91 Å². The van der Waals surface area contributed by atoms with Crippen LogP contribution in [0.4, 0.5) is 5.69 Å². The fourth-order valence-electron chi connectivity index (χ4n) is 1.88. The highest BCUT2D eigenvalue weighted by molar-refractivity contribution is 5.80. The Kier molecular flexibility index (Phi) is 3.57. The number of nitrogens with one attached hydrogen (secondary N) is 1. The average molecular weight is 249 g/mol. The van der Waals surface area contributed by atoms with Crippen molar-refractivity contribution >= 4 is 11.6 Å². The molecule has 1 saturated heterocycles. The van der Waals surface area contributed by atoms with Gasteiger partial charge in [0.15, 0.2) is 0 Å². The van der Waals surface area contributed by atoms with Crippen molar-refractivity contribution in [1.29, 1.82) is 0 Å². The van der Waals surface area contributed by atoms with Crippen LogP contribution in [0, 0.1) is 10.1 Å². The summed E-state index contributed by atoms with van der Waals surface area (Å²) in [6, 6.07) is 6.57. The van der Waals surface area contributed by atoms with Crippen LogP contribution in [0.2, 0.25) is 0 Å². The molecule has 2 rings (SSSR count). The molecule has 0 bridgehead atoms. The van der Waals surface area contributed by atoms with Crippen LogP contribution in [0.15, 0.2) is 24.3 Å². The SMILES string of the molecule is CN(C(=O)Cc1ccccc1[N+](=O)[O-])C1CNC1. The van der Waals surface area contributed by atoms with Crippen LogP contribution in [0.25, 0.3) is 0 Å². The fraction of sp³-hybridized carbons (Fsp3) is 0.417. The van der Waals surface area contributed by atoms with Gasteiger partial charge < -0.3 is 10.2 Å². The summed E-state index contributed by atoms with van der Waals surface area (Å²) in [5, 5.41) is 13.9. The number of hydrogen-bond donors (Lipinski definition) is 1. The Balaban J connectivity index is 2.08. The molecule has 1 aromatic rings. The number of carbonyl (C=O) groups is 1. The number of rotatable bonds is 4. The lowest BCUT2D eigenvalue weighted by atomic mass is 10.1. The van der Waals surface area contributed by atoms with Crippen molar-refractivity contribution in [3.05, 3.63) is 39.9 Å². The van der Waals surface area contributed by atoms with Crippen molar-refractivity contribution < 1.29 is 9.72 Å². The maximum Gasteiger partial charge on any atom is 0.273 e. The van der Waals surface area contributed by atoms with Crippen LogP contribution < -0.4 is 5.32 Å². The summed E-state index contributed by atoms with van der Waals surface area (Å²) < 4.78 is 0. The summed E-state index contributed by atoms with van der Waals surface area (Å²) >= 11 is 0. The van der Waals surface area contributed by atoms with Crippen LogP contribution in [-0.4, -0.2) is 41.9 Å². The standard InChI is InChI=1S/C12H15N3O3/c1-14(10-7-13-8-10)12(16)6-9-4-2-3-5-11(9)15(17)18/h2-5,10,13H,6-8H2,1H3. The summed E-state index contributed by atoms with van der Waals surface area (Å²) in [6.45, 7) is 1.58. The molecule has 0 saturated carbocycles. The second-order valence-electron chi connectivity index (χ2n) is 4.38. The first-order chi connectivity index (χ1) is 8.59. The third-order valence-corrected chi connectivity index (χ3v) is 3.23. The van der Waals surface area contributed by atoms with Gasteiger partial charge in [-0.3, -0.25) is 14.9 Å². The largest absolute Gasteiger partial charge is 0.340 e. The molecule has 1 fully saturated rings. The molecule has 0 aromatic heterocycles. The van der Waals surface area contributed by atoms with Crippen LogP contribution in [0.5, 0.6) is 0 Å². The number of carbonyl (C=O) groups excluding carboxylic acids is 1. The monoisotopic (exact) mass is 249 g/mol. The molecule has 1 aliphatic heterocycles. The van der Waals surface area contributed by atoms with Crippen LogP contribution in [-0.2, 0) is 11.2 Å². The molecule has 0 atom stereocenters. The lowest BCUT2D eigenvalue weighted by Gasteiger charge is -2.35. The molecule has 0 unspecified atom stereocenters. The van der Waals surface area contributed by atoms with Gasteiger partial charge in [0, 0.05) is 31.8 Å². The van der Waals surface area contributed by atoms with Gasteiger partial charge in [-0.25, -0.2) is 0 Å². The molecule has 96 valence electrons. The number of amides is 1. The lowest BCUT2D eigenvalue weighted by molar-refractivity contribution is -0.385. The Bertz CT molecular complexity index is 471. The third kappa shape index (κ3) is 2.48. The Labute approximate surface area is 105 Å². The maximum absolute atomic E-state index is 12.0. The first-order valence-electron chi connectivity index (χ1n) is 5.78. The van der Waals surface area contributed by atoms with Gasteiger partial charge in [-0.1, -0.05) is 18.2 Å². The van der Waals surface area contributed by atoms with Gasteiger partial charge in [-0.05, 0) is 0 Å². The molecular weight excluding hydrogens is 234 g/mol. The van der Waals surface area contributed by atoms with Gasteiger partial charge in [-0.2, -0.15) is 0 Å². The van der Waals surface area contributed by atoms with Crippen LogP contribution in [0.1, 0.15) is 5.56 Å². The minimum Gasteiger partial charge on any atom is -0.340 e. The van der Waals surface area contributed by atoms with Gasteiger partial charge >= 0.3 is 0 Å². The maximum atomic E-state index is 12.0. The molecular formula is C12H15N3O3. The van der Waals surface area contributed by atoms with Crippen molar-refractivity contribution in [2.24, 2.45) is 0 Å². The number of hydrogen-bond acceptors (Lipinski definition) is 4.